The van der Waals surface area contributed by atoms with Crippen LogP contribution in [0.4, 0.5) is 0 Å². The van der Waals surface area contributed by atoms with E-state index < -0.39 is 17.9 Å². The molecule has 0 saturated carbocycles. The summed E-state index contributed by atoms with van der Waals surface area (Å²) >= 11 is 0. The summed E-state index contributed by atoms with van der Waals surface area (Å²) in [4.78, 5) is 49.8. The standard InChI is InChI=1S/C38H50N2O5S2/c1-37(2)21-22-38(3,4)31-25-28(17-18-30(31)37)33(41)19-14-26-12-15-27(16-13-26)35(43)40-32(36(44)45)10-7-8-23-39-34(42)11-6-5-9-29-20-24-46-47-29/h12-19,25,29,32H,5-11,20-24H2,1-4H3,(H,39,42)(H,40,43)(H,44,45). The Hall–Kier alpha value is -3.04. The molecule has 254 valence electrons. The number of carbonyl (C=O) groups is 4. The Kier molecular flexibility index (Phi) is 13.2. The van der Waals surface area contributed by atoms with Gasteiger partial charge < -0.3 is 15.7 Å². The molecule has 2 aliphatic rings. The molecule has 2 amide bonds. The molecular formula is C38H50N2O5S2. The van der Waals surface area contributed by atoms with Crippen LogP contribution >= 0.6 is 21.6 Å². The summed E-state index contributed by atoms with van der Waals surface area (Å²) in [5.41, 5.74) is 4.42. The number of hydrogen-bond acceptors (Lipinski definition) is 6. The number of aliphatic carboxylic acids is 1. The lowest BCUT2D eigenvalue weighted by atomic mass is 9.63. The van der Waals surface area contributed by atoms with Crippen molar-refractivity contribution < 1.29 is 24.3 Å². The number of unbranched alkanes of at least 4 members (excludes halogenated alkanes) is 2. The van der Waals surface area contributed by atoms with Crippen LogP contribution in [-0.4, -0.2) is 52.3 Å². The second kappa shape index (κ2) is 16.9. The summed E-state index contributed by atoms with van der Waals surface area (Å²) in [6.45, 7) is 9.49. The fourth-order valence-corrected chi connectivity index (χ4v) is 9.29. The van der Waals surface area contributed by atoms with Gasteiger partial charge in [0, 0.05) is 35.1 Å². The molecule has 0 spiro atoms. The van der Waals surface area contributed by atoms with Crippen molar-refractivity contribution in [3.05, 3.63) is 76.4 Å². The lowest BCUT2D eigenvalue weighted by Gasteiger charge is -2.42. The Balaban J connectivity index is 1.20. The van der Waals surface area contributed by atoms with E-state index in [0.29, 0.717) is 36.9 Å². The van der Waals surface area contributed by atoms with Crippen LogP contribution in [0.5, 0.6) is 0 Å². The third-order valence-electron chi connectivity index (χ3n) is 9.49. The van der Waals surface area contributed by atoms with Crippen molar-refractivity contribution in [2.75, 3.05) is 12.3 Å². The first kappa shape index (κ1) is 36.8. The highest BCUT2D eigenvalue weighted by Gasteiger charge is 2.37. The Labute approximate surface area is 287 Å². The molecule has 7 nitrogen and oxygen atoms in total. The minimum Gasteiger partial charge on any atom is -0.480 e. The topological polar surface area (TPSA) is 113 Å². The predicted molar refractivity (Wildman–Crippen MR) is 194 cm³/mol. The van der Waals surface area contributed by atoms with E-state index in [9.17, 15) is 24.3 Å². The minimum atomic E-state index is -1.09. The fourth-order valence-electron chi connectivity index (χ4n) is 6.27. The van der Waals surface area contributed by atoms with Gasteiger partial charge in [0.2, 0.25) is 5.91 Å². The zero-order valence-corrected chi connectivity index (χ0v) is 29.9. The van der Waals surface area contributed by atoms with Crippen molar-refractivity contribution in [3.63, 3.8) is 0 Å². The van der Waals surface area contributed by atoms with Gasteiger partial charge in [0.1, 0.15) is 6.04 Å². The molecule has 0 bridgehead atoms. The molecule has 0 radical (unpaired) electrons. The van der Waals surface area contributed by atoms with Crippen LogP contribution in [0.1, 0.15) is 129 Å². The van der Waals surface area contributed by atoms with Crippen LogP contribution in [-0.2, 0) is 20.4 Å². The van der Waals surface area contributed by atoms with Crippen LogP contribution in [0.15, 0.2) is 48.5 Å². The highest BCUT2D eigenvalue weighted by molar-refractivity contribution is 8.77. The van der Waals surface area contributed by atoms with Gasteiger partial charge in [-0.3, -0.25) is 14.4 Å². The SMILES string of the molecule is CC1(C)CCC(C)(C)c2cc(C(=O)C=Cc3ccc(C(=O)NC(CCCCNC(=O)CCCCC4CCSS4)C(=O)O)cc3)ccc21. The number of carboxylic acid groups (broad SMARTS) is 1. The summed E-state index contributed by atoms with van der Waals surface area (Å²) in [5, 5.41) is 15.9. The van der Waals surface area contributed by atoms with Gasteiger partial charge in [0.15, 0.2) is 5.78 Å². The summed E-state index contributed by atoms with van der Waals surface area (Å²) in [5.74, 6) is -0.367. The third-order valence-corrected chi connectivity index (χ3v) is 12.5. The number of nitrogens with one attached hydrogen (secondary N) is 2. The zero-order valence-electron chi connectivity index (χ0n) is 28.2. The van der Waals surface area contributed by atoms with E-state index in [2.05, 4.69) is 44.4 Å². The smallest absolute Gasteiger partial charge is 0.326 e. The molecule has 9 heteroatoms. The first-order chi connectivity index (χ1) is 22.4. The van der Waals surface area contributed by atoms with Crippen molar-refractivity contribution in [1.82, 2.24) is 10.6 Å². The summed E-state index contributed by atoms with van der Waals surface area (Å²) in [7, 11) is 3.91. The molecule has 0 aromatic heterocycles. The summed E-state index contributed by atoms with van der Waals surface area (Å²) < 4.78 is 0. The molecule has 2 unspecified atom stereocenters. The largest absolute Gasteiger partial charge is 0.480 e. The predicted octanol–water partition coefficient (Wildman–Crippen LogP) is 8.12. The molecule has 1 saturated heterocycles. The van der Waals surface area contributed by atoms with Crippen molar-refractivity contribution in [2.45, 2.75) is 114 Å². The van der Waals surface area contributed by atoms with Gasteiger partial charge >= 0.3 is 5.97 Å². The van der Waals surface area contributed by atoms with E-state index in [1.54, 1.807) is 36.4 Å². The molecule has 4 rings (SSSR count). The lowest BCUT2D eigenvalue weighted by Crippen LogP contribution is -2.40. The number of amides is 2. The molecule has 1 fully saturated rings. The number of carbonyl (C=O) groups excluding carboxylic acids is 3. The maximum absolute atomic E-state index is 13.1. The normalized spacial score (nSPS) is 18.8. The lowest BCUT2D eigenvalue weighted by molar-refractivity contribution is -0.139. The Bertz CT molecular complexity index is 1440. The molecule has 1 aliphatic carbocycles. The van der Waals surface area contributed by atoms with E-state index in [0.717, 1.165) is 36.5 Å². The average Bonchev–Trinajstić information content (AvgIpc) is 3.57. The summed E-state index contributed by atoms with van der Waals surface area (Å²) in [6.07, 6.45) is 11.9. The van der Waals surface area contributed by atoms with E-state index in [-0.39, 0.29) is 28.9 Å². The molecule has 2 atom stereocenters. The Morgan fingerprint density at radius 2 is 1.62 bits per heavy atom. The second-order valence-electron chi connectivity index (χ2n) is 14.1. The van der Waals surface area contributed by atoms with Crippen molar-refractivity contribution >= 4 is 51.2 Å². The molecule has 3 N–H and O–H groups in total. The van der Waals surface area contributed by atoms with Crippen molar-refractivity contribution in [1.29, 1.82) is 0 Å². The molecule has 47 heavy (non-hydrogen) atoms. The van der Waals surface area contributed by atoms with Gasteiger partial charge in [0.05, 0.1) is 0 Å². The minimum absolute atomic E-state index is 0.0186. The van der Waals surface area contributed by atoms with Crippen LogP contribution in [0.3, 0.4) is 0 Å². The van der Waals surface area contributed by atoms with Gasteiger partial charge in [-0.05, 0) is 103 Å². The fraction of sp³-hybridized carbons (Fsp3) is 0.526. The van der Waals surface area contributed by atoms with E-state index in [1.165, 1.54) is 29.7 Å². The number of carboxylic acids is 1. The van der Waals surface area contributed by atoms with E-state index in [4.69, 9.17) is 0 Å². The van der Waals surface area contributed by atoms with Crippen LogP contribution in [0.25, 0.3) is 6.08 Å². The number of rotatable bonds is 16. The van der Waals surface area contributed by atoms with Gasteiger partial charge in [-0.2, -0.15) is 0 Å². The third kappa shape index (κ3) is 10.7. The number of ketones is 1. The Morgan fingerprint density at radius 1 is 0.915 bits per heavy atom. The zero-order chi connectivity index (χ0) is 34.0. The molecular weight excluding hydrogens is 629 g/mol. The number of hydrogen-bond donors (Lipinski definition) is 3. The first-order valence-electron chi connectivity index (χ1n) is 16.9. The maximum Gasteiger partial charge on any atom is 0.326 e. The number of fused-ring (bicyclic) bond motifs is 1. The highest BCUT2D eigenvalue weighted by Crippen LogP contribution is 2.46. The van der Waals surface area contributed by atoms with Crippen LogP contribution < -0.4 is 10.6 Å². The Morgan fingerprint density at radius 3 is 2.30 bits per heavy atom. The first-order valence-corrected chi connectivity index (χ1v) is 19.3. The van der Waals surface area contributed by atoms with Crippen molar-refractivity contribution in [2.24, 2.45) is 0 Å². The second-order valence-corrected chi connectivity index (χ2v) is 16.9. The molecule has 1 aliphatic heterocycles. The highest BCUT2D eigenvalue weighted by atomic mass is 33.1. The monoisotopic (exact) mass is 678 g/mol. The average molecular weight is 679 g/mol. The number of allylic oxidation sites excluding steroid dienone is 1. The van der Waals surface area contributed by atoms with Crippen LogP contribution in [0.2, 0.25) is 0 Å². The van der Waals surface area contributed by atoms with Crippen molar-refractivity contribution in [3.8, 4) is 0 Å². The van der Waals surface area contributed by atoms with Gasteiger partial charge in [-0.15, -0.1) is 0 Å². The quantitative estimate of drug-likeness (QED) is 0.0712. The summed E-state index contributed by atoms with van der Waals surface area (Å²) in [6, 6.07) is 11.8. The van der Waals surface area contributed by atoms with E-state index in [1.807, 2.05) is 33.7 Å². The maximum atomic E-state index is 13.1. The molecule has 2 aromatic rings. The number of benzene rings is 2. The van der Waals surface area contributed by atoms with Gasteiger partial charge in [0.25, 0.3) is 5.91 Å². The van der Waals surface area contributed by atoms with Crippen LogP contribution in [0, 0.1) is 0 Å². The van der Waals surface area contributed by atoms with Gasteiger partial charge in [-0.25, -0.2) is 4.79 Å². The molecule has 2 aromatic carbocycles. The van der Waals surface area contributed by atoms with Gasteiger partial charge in [-0.1, -0.05) is 86.0 Å². The van der Waals surface area contributed by atoms with E-state index >= 15 is 0 Å². The molecule has 1 heterocycles.